The molecule has 1 amide bonds. The largest absolute Gasteiger partial charge is 0.477 e. The summed E-state index contributed by atoms with van der Waals surface area (Å²) >= 11 is 0. The minimum Gasteiger partial charge on any atom is -0.477 e. The number of nitrogens with zero attached hydrogens (tertiary/aromatic N) is 1. The van der Waals surface area contributed by atoms with Crippen LogP contribution < -0.4 is 0 Å². The third kappa shape index (κ3) is 3.30. The first kappa shape index (κ1) is 19.7. The number of ether oxygens (including phenoxy) is 1. The molecule has 0 aromatic heterocycles. The van der Waals surface area contributed by atoms with Crippen molar-refractivity contribution < 1.29 is 23.1 Å². The van der Waals surface area contributed by atoms with Crippen LogP contribution in [0.25, 0.3) is 5.57 Å². The number of hydrogen-bond acceptors (Lipinski definition) is 3. The highest BCUT2D eigenvalue weighted by Gasteiger charge is 2.42. The monoisotopic (exact) mass is 385 g/mol. The fourth-order valence-corrected chi connectivity index (χ4v) is 3.22. The van der Waals surface area contributed by atoms with Gasteiger partial charge in [0.1, 0.15) is 22.9 Å². The Labute approximate surface area is 162 Å². The smallest absolute Gasteiger partial charge is 0.261 e. The number of amides is 1. The number of hydrogen-bond donors (Lipinski definition) is 0. The molecule has 28 heavy (non-hydrogen) atoms. The van der Waals surface area contributed by atoms with E-state index in [-0.39, 0.29) is 29.2 Å². The molecule has 3 rings (SSSR count). The van der Waals surface area contributed by atoms with Crippen LogP contribution in [0, 0.1) is 18.6 Å². The molecule has 0 spiro atoms. The topological polar surface area (TPSA) is 46.6 Å². The van der Waals surface area contributed by atoms with Crippen LogP contribution in [0.2, 0.25) is 0 Å². The molecule has 1 heterocycles. The van der Waals surface area contributed by atoms with Crippen molar-refractivity contribution in [2.75, 3.05) is 6.73 Å². The maximum atomic E-state index is 14.3. The molecule has 0 saturated carbocycles. The maximum absolute atomic E-state index is 14.3. The van der Waals surface area contributed by atoms with Crippen LogP contribution in [0.5, 0.6) is 0 Å². The van der Waals surface area contributed by atoms with E-state index in [2.05, 4.69) is 0 Å². The zero-order valence-corrected chi connectivity index (χ0v) is 16.2. The molecule has 0 fully saturated rings. The maximum Gasteiger partial charge on any atom is 0.261 e. The van der Waals surface area contributed by atoms with E-state index in [1.165, 1.54) is 41.3 Å². The van der Waals surface area contributed by atoms with Gasteiger partial charge in [-0.1, -0.05) is 18.2 Å². The summed E-state index contributed by atoms with van der Waals surface area (Å²) in [5, 5.41) is 0. The molecule has 0 bridgehead atoms. The first-order chi connectivity index (χ1) is 13.1. The molecular formula is C22H21F2NO3. The second kappa shape index (κ2) is 7.19. The summed E-state index contributed by atoms with van der Waals surface area (Å²) in [7, 11) is 0. The molecule has 1 aliphatic rings. The Kier molecular flexibility index (Phi) is 5.06. The molecule has 0 aliphatic carbocycles. The number of rotatable bonds is 4. The van der Waals surface area contributed by atoms with Crippen molar-refractivity contribution in [3.05, 3.63) is 76.5 Å². The lowest BCUT2D eigenvalue weighted by Crippen LogP contribution is -2.55. The summed E-state index contributed by atoms with van der Waals surface area (Å²) < 4.78 is 33.4. The average molecular weight is 385 g/mol. The van der Waals surface area contributed by atoms with E-state index in [1.807, 2.05) is 0 Å². The predicted molar refractivity (Wildman–Crippen MR) is 101 cm³/mol. The van der Waals surface area contributed by atoms with Crippen molar-refractivity contribution in [1.29, 1.82) is 0 Å². The summed E-state index contributed by atoms with van der Waals surface area (Å²) in [5.41, 5.74) is -0.449. The van der Waals surface area contributed by atoms with E-state index >= 15 is 0 Å². The number of aryl methyl sites for hydroxylation is 1. The highest BCUT2D eigenvalue weighted by atomic mass is 19.1. The molecular weight excluding hydrogens is 364 g/mol. The minimum atomic E-state index is -1.28. The summed E-state index contributed by atoms with van der Waals surface area (Å²) in [6, 6.07) is 9.99. The van der Waals surface area contributed by atoms with E-state index in [1.54, 1.807) is 33.8 Å². The van der Waals surface area contributed by atoms with Crippen molar-refractivity contribution in [3.63, 3.8) is 0 Å². The van der Waals surface area contributed by atoms with Gasteiger partial charge in [-0.15, -0.1) is 0 Å². The van der Waals surface area contributed by atoms with Gasteiger partial charge in [0.05, 0.1) is 5.57 Å². The van der Waals surface area contributed by atoms with Gasteiger partial charge in [-0.05, 0) is 57.5 Å². The number of Topliss-reactive ketones (excluding diaryl/α,β-unsaturated/α-hetero) is 1. The summed E-state index contributed by atoms with van der Waals surface area (Å²) in [6.45, 7) is 6.21. The van der Waals surface area contributed by atoms with Crippen LogP contribution >= 0.6 is 0 Å². The Morgan fingerprint density at radius 2 is 1.75 bits per heavy atom. The van der Waals surface area contributed by atoms with Gasteiger partial charge in [0.25, 0.3) is 5.91 Å². The van der Waals surface area contributed by atoms with Crippen LogP contribution in [0.4, 0.5) is 8.78 Å². The molecule has 0 unspecified atom stereocenters. The number of halogens is 2. The molecule has 4 nitrogen and oxygen atoms in total. The van der Waals surface area contributed by atoms with E-state index in [9.17, 15) is 18.4 Å². The molecule has 146 valence electrons. The zero-order valence-electron chi connectivity index (χ0n) is 16.2. The predicted octanol–water partition coefficient (Wildman–Crippen LogP) is 4.48. The zero-order chi connectivity index (χ0) is 20.6. The number of ketones is 1. The van der Waals surface area contributed by atoms with Crippen LogP contribution in [-0.2, 0) is 9.53 Å². The third-order valence-electron chi connectivity index (χ3n) is 5.02. The standard InChI is InChI=1S/C22H21F2NO3/c1-13-11-15(9-10-17(13)23)20(26)22(3,4)25-12-28-14(2)19(21(25)27)16-7-5-6-8-18(16)24/h5-11H,12H2,1-4H3. The van der Waals surface area contributed by atoms with E-state index in [0.29, 0.717) is 11.3 Å². The van der Waals surface area contributed by atoms with Gasteiger partial charge in [0.2, 0.25) is 0 Å². The second-order valence-electron chi connectivity index (χ2n) is 7.27. The molecule has 0 saturated heterocycles. The number of allylic oxidation sites excluding steroid dienone is 1. The van der Waals surface area contributed by atoms with Crippen molar-refractivity contribution in [3.8, 4) is 0 Å². The Morgan fingerprint density at radius 1 is 1.07 bits per heavy atom. The number of carbonyl (C=O) groups excluding carboxylic acids is 2. The highest BCUT2D eigenvalue weighted by molar-refractivity contribution is 6.22. The first-order valence-corrected chi connectivity index (χ1v) is 8.86. The Bertz CT molecular complexity index is 995. The third-order valence-corrected chi connectivity index (χ3v) is 5.02. The summed E-state index contributed by atoms with van der Waals surface area (Å²) in [5.74, 6) is -1.51. The van der Waals surface area contributed by atoms with Crippen LogP contribution in [-0.4, -0.2) is 28.9 Å². The SMILES string of the molecule is CC1=C(c2ccccc2F)C(=O)N(C(C)(C)C(=O)c2ccc(F)c(C)c2)CO1. The lowest BCUT2D eigenvalue weighted by molar-refractivity contribution is -0.136. The normalized spacial score (nSPS) is 14.9. The molecule has 1 aliphatic heterocycles. The fraction of sp³-hybridized carbons (Fsp3) is 0.273. The molecule has 6 heteroatoms. The quantitative estimate of drug-likeness (QED) is 0.729. The molecule has 2 aromatic carbocycles. The summed E-state index contributed by atoms with van der Waals surface area (Å²) in [6.07, 6.45) is 0. The lowest BCUT2D eigenvalue weighted by atomic mass is 9.89. The van der Waals surface area contributed by atoms with Gasteiger partial charge in [-0.3, -0.25) is 14.5 Å². The van der Waals surface area contributed by atoms with Crippen LogP contribution in [0.15, 0.2) is 48.2 Å². The van der Waals surface area contributed by atoms with Crippen LogP contribution in [0.1, 0.15) is 42.3 Å². The molecule has 0 atom stereocenters. The van der Waals surface area contributed by atoms with E-state index in [0.717, 1.165) is 0 Å². The van der Waals surface area contributed by atoms with E-state index < -0.39 is 23.1 Å². The highest BCUT2D eigenvalue weighted by Crippen LogP contribution is 2.33. The van der Waals surface area contributed by atoms with Gasteiger partial charge in [0, 0.05) is 11.1 Å². The van der Waals surface area contributed by atoms with Gasteiger partial charge >= 0.3 is 0 Å². The first-order valence-electron chi connectivity index (χ1n) is 8.86. The van der Waals surface area contributed by atoms with Crippen molar-refractivity contribution in [2.24, 2.45) is 0 Å². The average Bonchev–Trinajstić information content (AvgIpc) is 2.64. The van der Waals surface area contributed by atoms with Crippen molar-refractivity contribution in [1.82, 2.24) is 4.90 Å². The number of carbonyl (C=O) groups is 2. The molecule has 0 N–H and O–H groups in total. The van der Waals surface area contributed by atoms with Gasteiger partial charge in [0.15, 0.2) is 12.5 Å². The Morgan fingerprint density at radius 3 is 2.39 bits per heavy atom. The Hall–Kier alpha value is -3.02. The fourth-order valence-electron chi connectivity index (χ4n) is 3.22. The molecule has 2 aromatic rings. The summed E-state index contributed by atoms with van der Waals surface area (Å²) in [4.78, 5) is 27.6. The van der Waals surface area contributed by atoms with Gasteiger partial charge < -0.3 is 4.74 Å². The van der Waals surface area contributed by atoms with Crippen molar-refractivity contribution in [2.45, 2.75) is 33.2 Å². The van der Waals surface area contributed by atoms with Gasteiger partial charge in [-0.25, -0.2) is 8.78 Å². The molecule has 0 radical (unpaired) electrons. The Balaban J connectivity index is 1.99. The second-order valence-corrected chi connectivity index (χ2v) is 7.27. The van der Waals surface area contributed by atoms with Crippen molar-refractivity contribution >= 4 is 17.3 Å². The van der Waals surface area contributed by atoms with Crippen LogP contribution in [0.3, 0.4) is 0 Å². The van der Waals surface area contributed by atoms with E-state index in [4.69, 9.17) is 4.74 Å². The van der Waals surface area contributed by atoms with Gasteiger partial charge in [-0.2, -0.15) is 0 Å². The minimum absolute atomic E-state index is 0.0838. The lowest BCUT2D eigenvalue weighted by Gasteiger charge is -2.40. The number of benzene rings is 2.